The molecule has 1 amide bonds. The van der Waals surface area contributed by atoms with Crippen LogP contribution in [0.3, 0.4) is 0 Å². The molecule has 1 atom stereocenters. The third-order valence-electron chi connectivity index (χ3n) is 5.40. The second kappa shape index (κ2) is 9.92. The van der Waals surface area contributed by atoms with Crippen LogP contribution in [0.15, 0.2) is 30.3 Å². The molecule has 1 unspecified atom stereocenters. The Morgan fingerprint density at radius 3 is 2.35 bits per heavy atom. The summed E-state index contributed by atoms with van der Waals surface area (Å²) in [6.45, 7) is 3.73. The topological polar surface area (TPSA) is 60.5 Å². The molecule has 2 aromatic rings. The first kappa shape index (κ1) is 22.7. The number of likely N-dealkylation sites (N-methyl/N-ethyl adjacent to an activating group) is 1. The Labute approximate surface area is 184 Å². The summed E-state index contributed by atoms with van der Waals surface area (Å²) in [7, 11) is 8.71. The highest BCUT2D eigenvalue weighted by Crippen LogP contribution is 2.38. The van der Waals surface area contributed by atoms with E-state index in [4.69, 9.17) is 18.9 Å². The van der Waals surface area contributed by atoms with Crippen LogP contribution in [-0.2, 0) is 17.8 Å². The largest absolute Gasteiger partial charge is 0.493 e. The van der Waals surface area contributed by atoms with Crippen LogP contribution in [-0.4, -0.2) is 70.3 Å². The Bertz CT molecular complexity index is 903. The van der Waals surface area contributed by atoms with Crippen LogP contribution >= 0.6 is 0 Å². The van der Waals surface area contributed by atoms with Crippen LogP contribution < -0.4 is 18.9 Å². The minimum atomic E-state index is -0.0581. The Balaban J connectivity index is 1.91. The molecule has 1 aliphatic heterocycles. The number of methoxy groups -OCH3 is 3. The van der Waals surface area contributed by atoms with Gasteiger partial charge in [-0.15, -0.1) is 0 Å². The number of benzene rings is 2. The van der Waals surface area contributed by atoms with Gasteiger partial charge in [0.05, 0.1) is 33.8 Å². The predicted molar refractivity (Wildman–Crippen MR) is 119 cm³/mol. The average molecular weight is 429 g/mol. The van der Waals surface area contributed by atoms with Crippen molar-refractivity contribution < 1.29 is 23.7 Å². The van der Waals surface area contributed by atoms with E-state index in [0.717, 1.165) is 22.4 Å². The molecule has 0 aromatic heterocycles. The van der Waals surface area contributed by atoms with E-state index in [9.17, 15) is 4.79 Å². The third kappa shape index (κ3) is 5.22. The number of aryl methyl sites for hydroxylation is 1. The number of rotatable bonds is 7. The number of carbonyl (C=O) groups excluding carboxylic acids is 1. The van der Waals surface area contributed by atoms with Crippen LogP contribution in [0.25, 0.3) is 0 Å². The van der Waals surface area contributed by atoms with Gasteiger partial charge in [0.1, 0.15) is 12.4 Å². The summed E-state index contributed by atoms with van der Waals surface area (Å²) in [5.41, 5.74) is 2.97. The number of nitrogens with zero attached hydrogens (tertiary/aromatic N) is 2. The van der Waals surface area contributed by atoms with Crippen molar-refractivity contribution in [2.75, 3.05) is 48.6 Å². The molecule has 0 spiro atoms. The van der Waals surface area contributed by atoms with Gasteiger partial charge < -0.3 is 28.7 Å². The van der Waals surface area contributed by atoms with Crippen molar-refractivity contribution in [2.24, 2.45) is 0 Å². The summed E-state index contributed by atoms with van der Waals surface area (Å²) in [5.74, 6) is 2.46. The fraction of sp³-hybridized carbons (Fsp3) is 0.458. The maximum atomic E-state index is 13.5. The van der Waals surface area contributed by atoms with Crippen LogP contribution in [0.1, 0.15) is 16.7 Å². The predicted octanol–water partition coefficient (Wildman–Crippen LogP) is 2.91. The fourth-order valence-corrected chi connectivity index (χ4v) is 3.94. The molecule has 1 heterocycles. The van der Waals surface area contributed by atoms with Gasteiger partial charge in [-0.25, -0.2) is 0 Å². The fourth-order valence-electron chi connectivity index (χ4n) is 3.94. The molecule has 168 valence electrons. The molecule has 2 aromatic carbocycles. The van der Waals surface area contributed by atoms with Gasteiger partial charge in [0.25, 0.3) is 0 Å². The zero-order valence-electron chi connectivity index (χ0n) is 19.2. The lowest BCUT2D eigenvalue weighted by molar-refractivity contribution is -0.134. The number of carbonyl (C=O) groups is 1. The first-order valence-corrected chi connectivity index (χ1v) is 10.3. The van der Waals surface area contributed by atoms with E-state index < -0.39 is 0 Å². The summed E-state index contributed by atoms with van der Waals surface area (Å²) in [4.78, 5) is 17.5. The number of hydrogen-bond acceptors (Lipinski definition) is 6. The van der Waals surface area contributed by atoms with E-state index in [2.05, 4.69) is 11.0 Å². The van der Waals surface area contributed by atoms with Crippen molar-refractivity contribution in [3.63, 3.8) is 0 Å². The molecule has 0 fully saturated rings. The van der Waals surface area contributed by atoms with Gasteiger partial charge in [-0.05, 0) is 44.8 Å². The van der Waals surface area contributed by atoms with Crippen molar-refractivity contribution in [3.8, 4) is 23.0 Å². The molecular formula is C24H32N2O5. The highest BCUT2D eigenvalue weighted by Gasteiger charge is 2.29. The second-order valence-corrected chi connectivity index (χ2v) is 8.07. The summed E-state index contributed by atoms with van der Waals surface area (Å²) >= 11 is 0. The molecule has 7 heteroatoms. The van der Waals surface area contributed by atoms with Gasteiger partial charge in [0, 0.05) is 18.7 Å². The minimum Gasteiger partial charge on any atom is -0.493 e. The lowest BCUT2D eigenvalue weighted by atomic mass is 10.1. The molecule has 3 rings (SSSR count). The number of ether oxygens (including phenoxy) is 4. The average Bonchev–Trinajstić information content (AvgIpc) is 2.91. The normalized spacial score (nSPS) is 15.7. The van der Waals surface area contributed by atoms with Crippen LogP contribution in [0.2, 0.25) is 0 Å². The van der Waals surface area contributed by atoms with Crippen molar-refractivity contribution in [1.82, 2.24) is 9.80 Å². The molecule has 0 N–H and O–H groups in total. The smallest absolute Gasteiger partial charge is 0.227 e. The maximum Gasteiger partial charge on any atom is 0.227 e. The molecule has 0 aliphatic carbocycles. The Hall–Kier alpha value is -2.93. The van der Waals surface area contributed by atoms with Gasteiger partial charge in [0.15, 0.2) is 11.5 Å². The zero-order valence-corrected chi connectivity index (χ0v) is 19.2. The van der Waals surface area contributed by atoms with Gasteiger partial charge in [-0.1, -0.05) is 17.7 Å². The molecule has 0 saturated carbocycles. The van der Waals surface area contributed by atoms with Crippen molar-refractivity contribution in [1.29, 1.82) is 0 Å². The number of fused-ring (bicyclic) bond motifs is 1. The van der Waals surface area contributed by atoms with Gasteiger partial charge in [-0.2, -0.15) is 0 Å². The van der Waals surface area contributed by atoms with E-state index in [1.54, 1.807) is 21.3 Å². The molecular weight excluding hydrogens is 396 g/mol. The Morgan fingerprint density at radius 2 is 1.77 bits per heavy atom. The lowest BCUT2D eigenvalue weighted by Crippen LogP contribution is -2.47. The molecule has 0 saturated heterocycles. The zero-order chi connectivity index (χ0) is 22.5. The standard InChI is InChI=1S/C24H32N2O5/c1-16-7-8-20-18(9-16)13-26(19(15-31-20)14-25(2)3)23(27)12-17-10-21(28-4)24(30-6)22(11-17)29-5/h7-11,19H,12-15H2,1-6H3. The Kier molecular flexibility index (Phi) is 7.28. The van der Waals surface area contributed by atoms with E-state index in [-0.39, 0.29) is 18.4 Å². The quantitative estimate of drug-likeness (QED) is 0.676. The van der Waals surface area contributed by atoms with E-state index in [0.29, 0.717) is 36.9 Å². The molecule has 1 aliphatic rings. The van der Waals surface area contributed by atoms with E-state index >= 15 is 0 Å². The number of amides is 1. The highest BCUT2D eigenvalue weighted by molar-refractivity contribution is 5.80. The molecule has 0 bridgehead atoms. The summed E-state index contributed by atoms with van der Waals surface area (Å²) < 4.78 is 22.4. The summed E-state index contributed by atoms with van der Waals surface area (Å²) in [5, 5.41) is 0. The van der Waals surface area contributed by atoms with Crippen molar-refractivity contribution in [3.05, 3.63) is 47.0 Å². The maximum absolute atomic E-state index is 13.5. The first-order valence-electron chi connectivity index (χ1n) is 10.3. The van der Waals surface area contributed by atoms with Crippen LogP contribution in [0.5, 0.6) is 23.0 Å². The monoisotopic (exact) mass is 428 g/mol. The van der Waals surface area contributed by atoms with Gasteiger partial charge >= 0.3 is 0 Å². The lowest BCUT2D eigenvalue weighted by Gasteiger charge is -2.31. The van der Waals surface area contributed by atoms with Crippen molar-refractivity contribution >= 4 is 5.91 Å². The summed E-state index contributed by atoms with van der Waals surface area (Å²) in [6, 6.07) is 9.71. The van der Waals surface area contributed by atoms with Crippen LogP contribution in [0.4, 0.5) is 0 Å². The first-order chi connectivity index (χ1) is 14.9. The van der Waals surface area contributed by atoms with Crippen LogP contribution in [0, 0.1) is 6.92 Å². The van der Waals surface area contributed by atoms with Gasteiger partial charge in [-0.3, -0.25) is 4.79 Å². The second-order valence-electron chi connectivity index (χ2n) is 8.07. The number of hydrogen-bond donors (Lipinski definition) is 0. The van der Waals surface area contributed by atoms with E-state index in [1.165, 1.54) is 0 Å². The molecule has 0 radical (unpaired) electrons. The SMILES string of the molecule is COc1cc(CC(=O)N2Cc3cc(C)ccc3OCC2CN(C)C)cc(OC)c1OC. The van der Waals surface area contributed by atoms with Crippen molar-refractivity contribution in [2.45, 2.75) is 25.9 Å². The Morgan fingerprint density at radius 1 is 1.10 bits per heavy atom. The molecule has 31 heavy (non-hydrogen) atoms. The third-order valence-corrected chi connectivity index (χ3v) is 5.40. The van der Waals surface area contributed by atoms with Gasteiger partial charge in [0.2, 0.25) is 11.7 Å². The molecule has 7 nitrogen and oxygen atoms in total. The van der Waals surface area contributed by atoms with E-state index in [1.807, 2.05) is 50.2 Å². The highest BCUT2D eigenvalue weighted by atomic mass is 16.5. The summed E-state index contributed by atoms with van der Waals surface area (Å²) in [6.07, 6.45) is 0.224. The minimum absolute atomic E-state index is 0.0269.